The van der Waals surface area contributed by atoms with E-state index in [1.165, 1.54) is 7.11 Å². The molecule has 2 rings (SSSR count). The van der Waals surface area contributed by atoms with E-state index in [9.17, 15) is 14.4 Å². The highest BCUT2D eigenvalue weighted by atomic mass is 16.5. The van der Waals surface area contributed by atoms with Gasteiger partial charge < -0.3 is 20.7 Å². The molecule has 7 heteroatoms. The molecule has 160 valence electrons. The van der Waals surface area contributed by atoms with Gasteiger partial charge in [0, 0.05) is 5.56 Å². The van der Waals surface area contributed by atoms with Gasteiger partial charge in [0.05, 0.1) is 25.9 Å². The van der Waals surface area contributed by atoms with Crippen LogP contribution in [-0.2, 0) is 15.0 Å². The Balaban J connectivity index is 1.80. The first-order valence-electron chi connectivity index (χ1n) is 9.70. The van der Waals surface area contributed by atoms with E-state index in [2.05, 4.69) is 36.7 Å². The number of methoxy groups -OCH3 is 1. The summed E-state index contributed by atoms with van der Waals surface area (Å²) in [5.74, 6) is -0.665. The molecular weight excluding hydrogens is 382 g/mol. The third-order valence-electron chi connectivity index (χ3n) is 4.50. The number of nitrogens with one attached hydrogen (secondary N) is 3. The Morgan fingerprint density at radius 3 is 2.13 bits per heavy atom. The molecule has 0 aliphatic carbocycles. The van der Waals surface area contributed by atoms with Gasteiger partial charge in [0.2, 0.25) is 11.8 Å². The summed E-state index contributed by atoms with van der Waals surface area (Å²) in [6, 6.07) is 12.7. The van der Waals surface area contributed by atoms with Crippen molar-refractivity contribution < 1.29 is 19.1 Å². The lowest BCUT2D eigenvalue weighted by Crippen LogP contribution is -2.40. The molecule has 2 aromatic rings. The summed E-state index contributed by atoms with van der Waals surface area (Å²) in [5.41, 5.74) is 3.09. The van der Waals surface area contributed by atoms with Gasteiger partial charge in [0.15, 0.2) is 0 Å². The molecule has 0 atom stereocenters. The molecule has 0 unspecified atom stereocenters. The number of amides is 3. The minimum absolute atomic E-state index is 0.00205. The van der Waals surface area contributed by atoms with Crippen LogP contribution in [-0.4, -0.2) is 37.9 Å². The monoisotopic (exact) mass is 411 g/mol. The second-order valence-electron chi connectivity index (χ2n) is 8.04. The highest BCUT2D eigenvalue weighted by Crippen LogP contribution is 2.25. The maximum Gasteiger partial charge on any atom is 0.251 e. The molecule has 0 heterocycles. The van der Waals surface area contributed by atoms with Crippen molar-refractivity contribution >= 4 is 23.4 Å². The van der Waals surface area contributed by atoms with Crippen LogP contribution in [0.5, 0.6) is 5.75 Å². The third kappa shape index (κ3) is 6.62. The third-order valence-corrected chi connectivity index (χ3v) is 4.50. The van der Waals surface area contributed by atoms with Gasteiger partial charge in [0.25, 0.3) is 5.91 Å². The van der Waals surface area contributed by atoms with E-state index in [4.69, 9.17) is 4.74 Å². The van der Waals surface area contributed by atoms with Gasteiger partial charge in [0.1, 0.15) is 5.75 Å². The van der Waals surface area contributed by atoms with Crippen molar-refractivity contribution in [3.8, 4) is 5.75 Å². The zero-order valence-corrected chi connectivity index (χ0v) is 18.1. The zero-order chi connectivity index (χ0) is 22.3. The van der Waals surface area contributed by atoms with Crippen molar-refractivity contribution in [3.05, 3.63) is 59.2 Å². The molecule has 0 spiro atoms. The zero-order valence-electron chi connectivity index (χ0n) is 18.1. The van der Waals surface area contributed by atoms with Gasteiger partial charge >= 0.3 is 0 Å². The first-order valence-corrected chi connectivity index (χ1v) is 9.70. The number of carbonyl (C=O) groups is 3. The SMILES string of the molecule is COc1ccc(C)cc1NC(=O)CNC(=O)CNC(=O)c1ccc(C(C)(C)C)cc1. The Morgan fingerprint density at radius 1 is 0.900 bits per heavy atom. The minimum Gasteiger partial charge on any atom is -0.495 e. The maximum atomic E-state index is 12.2. The van der Waals surface area contributed by atoms with E-state index < -0.39 is 11.8 Å². The fourth-order valence-corrected chi connectivity index (χ4v) is 2.74. The molecule has 3 N–H and O–H groups in total. The van der Waals surface area contributed by atoms with E-state index in [0.29, 0.717) is 17.0 Å². The number of aryl methyl sites for hydroxylation is 1. The summed E-state index contributed by atoms with van der Waals surface area (Å²) in [6.45, 7) is 7.75. The van der Waals surface area contributed by atoms with Crippen molar-refractivity contribution in [2.75, 3.05) is 25.5 Å². The number of benzene rings is 2. The summed E-state index contributed by atoms with van der Waals surface area (Å²) < 4.78 is 5.21. The van der Waals surface area contributed by atoms with Crippen molar-refractivity contribution in [2.24, 2.45) is 0 Å². The lowest BCUT2D eigenvalue weighted by Gasteiger charge is -2.19. The van der Waals surface area contributed by atoms with E-state index in [1.54, 1.807) is 24.3 Å². The summed E-state index contributed by atoms with van der Waals surface area (Å²) in [7, 11) is 1.52. The second-order valence-corrected chi connectivity index (χ2v) is 8.04. The lowest BCUT2D eigenvalue weighted by molar-refractivity contribution is -0.123. The molecule has 0 saturated heterocycles. The Labute approximate surface area is 177 Å². The highest BCUT2D eigenvalue weighted by Gasteiger charge is 2.15. The molecular formula is C23H29N3O4. The van der Waals surface area contributed by atoms with Gasteiger partial charge in [-0.2, -0.15) is 0 Å². The fourth-order valence-electron chi connectivity index (χ4n) is 2.74. The molecule has 0 aliphatic heterocycles. The molecule has 7 nitrogen and oxygen atoms in total. The number of carbonyl (C=O) groups excluding carboxylic acids is 3. The van der Waals surface area contributed by atoms with Gasteiger partial charge in [-0.15, -0.1) is 0 Å². The summed E-state index contributed by atoms with van der Waals surface area (Å²) in [5, 5.41) is 7.74. The predicted molar refractivity (Wildman–Crippen MR) is 117 cm³/mol. The molecule has 0 saturated carbocycles. The molecule has 0 aromatic heterocycles. The van der Waals surface area contributed by atoms with Crippen LogP contribution >= 0.6 is 0 Å². The Morgan fingerprint density at radius 2 is 1.53 bits per heavy atom. The van der Waals surface area contributed by atoms with Crippen LogP contribution in [0.2, 0.25) is 0 Å². The first-order chi connectivity index (χ1) is 14.1. The number of anilines is 1. The summed E-state index contributed by atoms with van der Waals surface area (Å²) >= 11 is 0. The Bertz CT molecular complexity index is 915. The van der Waals surface area contributed by atoms with Crippen LogP contribution in [0.1, 0.15) is 42.3 Å². The Hall–Kier alpha value is -3.35. The topological polar surface area (TPSA) is 96.5 Å². The van der Waals surface area contributed by atoms with Gasteiger partial charge in [-0.25, -0.2) is 0 Å². The van der Waals surface area contributed by atoms with Crippen molar-refractivity contribution in [1.29, 1.82) is 0 Å². The smallest absolute Gasteiger partial charge is 0.251 e. The van der Waals surface area contributed by atoms with Crippen molar-refractivity contribution in [1.82, 2.24) is 10.6 Å². The van der Waals surface area contributed by atoms with Crippen LogP contribution in [0.15, 0.2) is 42.5 Å². The van der Waals surface area contributed by atoms with E-state index in [-0.39, 0.29) is 24.4 Å². The first kappa shape index (κ1) is 22.9. The number of hydrogen-bond donors (Lipinski definition) is 3. The molecule has 0 aliphatic rings. The lowest BCUT2D eigenvalue weighted by atomic mass is 9.87. The minimum atomic E-state index is -0.457. The average Bonchev–Trinajstić information content (AvgIpc) is 2.70. The van der Waals surface area contributed by atoms with E-state index >= 15 is 0 Å². The molecule has 3 amide bonds. The largest absolute Gasteiger partial charge is 0.495 e. The van der Waals surface area contributed by atoms with Crippen molar-refractivity contribution in [3.63, 3.8) is 0 Å². The standard InChI is InChI=1S/C23H29N3O4/c1-15-6-11-19(30-5)18(12-15)26-21(28)14-24-20(27)13-25-22(29)16-7-9-17(10-8-16)23(2,3)4/h6-12H,13-14H2,1-5H3,(H,24,27)(H,25,29)(H,26,28). The van der Waals surface area contributed by atoms with Gasteiger partial charge in [-0.05, 0) is 47.7 Å². The normalized spacial score (nSPS) is 10.8. The van der Waals surface area contributed by atoms with Crippen molar-refractivity contribution in [2.45, 2.75) is 33.1 Å². The molecule has 0 radical (unpaired) electrons. The quantitative estimate of drug-likeness (QED) is 0.653. The summed E-state index contributed by atoms with van der Waals surface area (Å²) in [6.07, 6.45) is 0. The number of hydrogen-bond acceptors (Lipinski definition) is 4. The molecule has 30 heavy (non-hydrogen) atoms. The fraction of sp³-hybridized carbons (Fsp3) is 0.348. The highest BCUT2D eigenvalue weighted by molar-refractivity contribution is 5.98. The van der Waals surface area contributed by atoms with Crippen LogP contribution in [0.25, 0.3) is 0 Å². The van der Waals surface area contributed by atoms with Crippen LogP contribution in [0.4, 0.5) is 5.69 Å². The predicted octanol–water partition coefficient (Wildman–Crippen LogP) is 2.79. The Kier molecular flexibility index (Phi) is 7.58. The second kappa shape index (κ2) is 9.91. The van der Waals surface area contributed by atoms with Gasteiger partial charge in [-0.3, -0.25) is 14.4 Å². The van der Waals surface area contributed by atoms with Gasteiger partial charge in [-0.1, -0.05) is 39.0 Å². The van der Waals surface area contributed by atoms with Crippen LogP contribution in [0.3, 0.4) is 0 Å². The molecule has 2 aromatic carbocycles. The van der Waals surface area contributed by atoms with E-state index in [1.807, 2.05) is 25.1 Å². The molecule has 0 bridgehead atoms. The van der Waals surface area contributed by atoms with E-state index in [0.717, 1.165) is 11.1 Å². The summed E-state index contributed by atoms with van der Waals surface area (Å²) in [4.78, 5) is 36.3. The average molecular weight is 412 g/mol. The van der Waals surface area contributed by atoms with Crippen LogP contribution < -0.4 is 20.7 Å². The molecule has 0 fully saturated rings. The number of ether oxygens (including phenoxy) is 1. The number of rotatable bonds is 7. The maximum absolute atomic E-state index is 12.2. The van der Waals surface area contributed by atoms with Crippen LogP contribution in [0, 0.1) is 6.92 Å².